The van der Waals surface area contributed by atoms with Gasteiger partial charge in [0.1, 0.15) is 18.2 Å². The highest BCUT2D eigenvalue weighted by molar-refractivity contribution is 6.34. The molecule has 0 aliphatic carbocycles. The summed E-state index contributed by atoms with van der Waals surface area (Å²) < 4.78 is 13.2. The standard InChI is InChI=1S/C19H15ClFN3O2/c1-12(19(25)26)23-24-11-22-17(13-5-7-16(21)8-6-13)10-18(24)14-3-2-4-15(20)9-14/h2-10H,11H2,1H3,(H,25,26)/b23-12+. The van der Waals surface area contributed by atoms with Gasteiger partial charge in [-0.25, -0.2) is 14.2 Å². The molecule has 0 radical (unpaired) electrons. The summed E-state index contributed by atoms with van der Waals surface area (Å²) in [6.45, 7) is 1.55. The maximum Gasteiger partial charge on any atom is 0.351 e. The molecule has 5 nitrogen and oxygen atoms in total. The first-order valence-electron chi connectivity index (χ1n) is 7.78. The van der Waals surface area contributed by atoms with Gasteiger partial charge in [0.15, 0.2) is 0 Å². The molecular weight excluding hydrogens is 357 g/mol. The van der Waals surface area contributed by atoms with Gasteiger partial charge in [0.05, 0.1) is 11.4 Å². The third kappa shape index (κ3) is 3.97. The van der Waals surface area contributed by atoms with Crippen molar-refractivity contribution in [1.29, 1.82) is 0 Å². The summed E-state index contributed by atoms with van der Waals surface area (Å²) >= 11 is 6.09. The zero-order chi connectivity index (χ0) is 18.7. The molecule has 0 saturated heterocycles. The minimum atomic E-state index is -1.11. The first-order chi connectivity index (χ1) is 12.4. The first-order valence-corrected chi connectivity index (χ1v) is 8.16. The van der Waals surface area contributed by atoms with E-state index < -0.39 is 5.97 Å². The van der Waals surface area contributed by atoms with Gasteiger partial charge in [-0.2, -0.15) is 5.10 Å². The Labute approximate surface area is 154 Å². The third-order valence-corrected chi connectivity index (χ3v) is 4.00. The maximum absolute atomic E-state index is 13.2. The van der Waals surface area contributed by atoms with E-state index in [1.165, 1.54) is 24.1 Å². The van der Waals surface area contributed by atoms with E-state index in [0.717, 1.165) is 11.1 Å². The van der Waals surface area contributed by atoms with Crippen LogP contribution in [0.2, 0.25) is 5.02 Å². The van der Waals surface area contributed by atoms with Crippen LogP contribution in [0, 0.1) is 5.82 Å². The number of hydrogen-bond acceptors (Lipinski definition) is 4. The van der Waals surface area contributed by atoms with E-state index in [2.05, 4.69) is 10.1 Å². The number of rotatable bonds is 4. The molecule has 1 N–H and O–H groups in total. The summed E-state index contributed by atoms with van der Waals surface area (Å²) in [5.41, 5.74) is 2.78. The maximum atomic E-state index is 13.2. The molecule has 1 aliphatic heterocycles. The topological polar surface area (TPSA) is 65.3 Å². The zero-order valence-corrected chi connectivity index (χ0v) is 14.6. The van der Waals surface area contributed by atoms with Crippen molar-refractivity contribution >= 4 is 34.7 Å². The Kier molecular flexibility index (Phi) is 5.14. The molecule has 2 aromatic carbocycles. The van der Waals surface area contributed by atoms with Crippen molar-refractivity contribution in [3.8, 4) is 0 Å². The number of allylic oxidation sites excluding steroid dienone is 1. The van der Waals surface area contributed by atoms with Crippen LogP contribution in [0.3, 0.4) is 0 Å². The van der Waals surface area contributed by atoms with Gasteiger partial charge < -0.3 is 5.11 Å². The van der Waals surface area contributed by atoms with E-state index in [9.17, 15) is 9.18 Å². The van der Waals surface area contributed by atoms with Crippen LogP contribution < -0.4 is 0 Å². The van der Waals surface area contributed by atoms with Crippen molar-refractivity contribution in [3.63, 3.8) is 0 Å². The van der Waals surface area contributed by atoms with Crippen molar-refractivity contribution in [2.75, 3.05) is 6.67 Å². The third-order valence-electron chi connectivity index (χ3n) is 3.77. The van der Waals surface area contributed by atoms with E-state index in [1.807, 2.05) is 6.07 Å². The van der Waals surface area contributed by atoms with E-state index in [-0.39, 0.29) is 18.2 Å². The van der Waals surface area contributed by atoms with Crippen LogP contribution in [-0.4, -0.2) is 34.2 Å². The summed E-state index contributed by atoms with van der Waals surface area (Å²) in [4.78, 5) is 15.6. The molecule has 0 fully saturated rings. The number of carboxylic acids is 1. The van der Waals surface area contributed by atoms with Crippen molar-refractivity contribution in [3.05, 3.63) is 76.6 Å². The highest BCUT2D eigenvalue weighted by atomic mass is 35.5. The molecule has 132 valence electrons. The lowest BCUT2D eigenvalue weighted by molar-refractivity contribution is -0.129. The van der Waals surface area contributed by atoms with E-state index in [4.69, 9.17) is 16.7 Å². The molecule has 26 heavy (non-hydrogen) atoms. The van der Waals surface area contributed by atoms with Gasteiger partial charge in [-0.05, 0) is 49.4 Å². The van der Waals surface area contributed by atoms with Gasteiger partial charge in [0.2, 0.25) is 0 Å². The zero-order valence-electron chi connectivity index (χ0n) is 13.9. The predicted molar refractivity (Wildman–Crippen MR) is 99.8 cm³/mol. The Morgan fingerprint density at radius 2 is 1.96 bits per heavy atom. The lowest BCUT2D eigenvalue weighted by atomic mass is 10.0. The molecule has 1 aliphatic rings. The molecule has 0 amide bonds. The minimum absolute atomic E-state index is 0.0571. The number of aliphatic imine (C=N–C) groups is 1. The summed E-state index contributed by atoms with van der Waals surface area (Å²) in [7, 11) is 0. The number of carboxylic acid groups (broad SMARTS) is 1. The molecule has 2 aromatic rings. The first kappa shape index (κ1) is 17.8. The van der Waals surface area contributed by atoms with Gasteiger partial charge in [0, 0.05) is 16.1 Å². The Balaban J connectivity index is 2.05. The van der Waals surface area contributed by atoms with Crippen LogP contribution >= 0.6 is 11.6 Å². The smallest absolute Gasteiger partial charge is 0.351 e. The van der Waals surface area contributed by atoms with Gasteiger partial charge in [-0.15, -0.1) is 0 Å². The van der Waals surface area contributed by atoms with Crippen LogP contribution in [-0.2, 0) is 4.79 Å². The number of nitrogens with zero attached hydrogens (tertiary/aromatic N) is 3. The van der Waals surface area contributed by atoms with E-state index >= 15 is 0 Å². The molecule has 0 spiro atoms. The Hall–Kier alpha value is -2.99. The predicted octanol–water partition coefficient (Wildman–Crippen LogP) is 4.04. The second-order valence-electron chi connectivity index (χ2n) is 5.62. The largest absolute Gasteiger partial charge is 0.477 e. The quantitative estimate of drug-likeness (QED) is 0.825. The van der Waals surface area contributed by atoms with Crippen LogP contribution in [0.25, 0.3) is 5.70 Å². The Bertz CT molecular complexity index is 936. The molecule has 0 atom stereocenters. The molecule has 7 heteroatoms. The Morgan fingerprint density at radius 1 is 1.23 bits per heavy atom. The average molecular weight is 372 g/mol. The minimum Gasteiger partial charge on any atom is -0.477 e. The molecule has 3 rings (SSSR count). The Morgan fingerprint density at radius 3 is 2.62 bits per heavy atom. The van der Waals surface area contributed by atoms with Crippen molar-refractivity contribution in [2.45, 2.75) is 6.92 Å². The van der Waals surface area contributed by atoms with E-state index in [0.29, 0.717) is 16.4 Å². The number of aliphatic carboxylic acids is 1. The second kappa shape index (κ2) is 7.49. The molecule has 0 bridgehead atoms. The SMILES string of the molecule is C/C(=N\N1CN=C(c2ccc(F)cc2)C=C1c1cccc(Cl)c1)C(=O)O. The molecule has 0 unspecified atom stereocenters. The number of carbonyl (C=O) groups is 1. The fraction of sp³-hybridized carbons (Fsp3) is 0.105. The summed E-state index contributed by atoms with van der Waals surface area (Å²) in [5.74, 6) is -1.43. The monoisotopic (exact) mass is 371 g/mol. The number of hydrogen-bond donors (Lipinski definition) is 1. The molecule has 0 aromatic heterocycles. The van der Waals surface area contributed by atoms with Gasteiger partial charge >= 0.3 is 5.97 Å². The molecular formula is C19H15ClFN3O2. The molecule has 0 saturated carbocycles. The van der Waals surface area contributed by atoms with Gasteiger partial charge in [0.25, 0.3) is 0 Å². The fourth-order valence-corrected chi connectivity index (χ4v) is 2.64. The fourth-order valence-electron chi connectivity index (χ4n) is 2.45. The van der Waals surface area contributed by atoms with Crippen LogP contribution in [0.1, 0.15) is 18.1 Å². The van der Waals surface area contributed by atoms with Crippen LogP contribution in [0.15, 0.2) is 64.7 Å². The van der Waals surface area contributed by atoms with Gasteiger partial charge in [-0.3, -0.25) is 4.99 Å². The van der Waals surface area contributed by atoms with Crippen molar-refractivity contribution < 1.29 is 14.3 Å². The molecule has 1 heterocycles. The van der Waals surface area contributed by atoms with Crippen molar-refractivity contribution in [1.82, 2.24) is 5.01 Å². The van der Waals surface area contributed by atoms with Crippen molar-refractivity contribution in [2.24, 2.45) is 10.1 Å². The highest BCUT2D eigenvalue weighted by Crippen LogP contribution is 2.26. The summed E-state index contributed by atoms with van der Waals surface area (Å²) in [6, 6.07) is 13.2. The second-order valence-corrected chi connectivity index (χ2v) is 6.06. The summed E-state index contributed by atoms with van der Waals surface area (Å²) in [5, 5.41) is 15.3. The normalized spacial score (nSPS) is 14.7. The number of hydrazone groups is 1. The van der Waals surface area contributed by atoms with E-state index in [1.54, 1.807) is 36.4 Å². The number of halogens is 2. The van der Waals surface area contributed by atoms with Gasteiger partial charge in [-0.1, -0.05) is 23.7 Å². The lowest BCUT2D eigenvalue weighted by Gasteiger charge is -2.25. The number of benzene rings is 2. The van der Waals surface area contributed by atoms with Crippen LogP contribution in [0.4, 0.5) is 4.39 Å². The lowest BCUT2D eigenvalue weighted by Crippen LogP contribution is -2.25. The van der Waals surface area contributed by atoms with Crippen LogP contribution in [0.5, 0.6) is 0 Å². The highest BCUT2D eigenvalue weighted by Gasteiger charge is 2.19. The summed E-state index contributed by atoms with van der Waals surface area (Å²) in [6.07, 6.45) is 1.78. The average Bonchev–Trinajstić information content (AvgIpc) is 2.62.